The van der Waals surface area contributed by atoms with Crippen LogP contribution in [0.25, 0.3) is 27.5 Å². The van der Waals surface area contributed by atoms with E-state index < -0.39 is 51.5 Å². The largest absolute Gasteiger partial charge is 0.321 e. The monoisotopic (exact) mass is 712 g/mol. The first-order valence-electron chi connectivity index (χ1n) is 13.2. The van der Waals surface area contributed by atoms with E-state index in [0.717, 1.165) is 21.4 Å². The molecular formula is C28H22BrClF4N6O3S. The van der Waals surface area contributed by atoms with E-state index in [0.29, 0.717) is 23.4 Å². The van der Waals surface area contributed by atoms with Gasteiger partial charge in [0, 0.05) is 10.5 Å². The van der Waals surface area contributed by atoms with Crippen LogP contribution in [0.2, 0.25) is 5.02 Å². The Labute approximate surface area is 260 Å². The van der Waals surface area contributed by atoms with Gasteiger partial charge in [0.25, 0.3) is 12.0 Å². The highest BCUT2D eigenvalue weighted by molar-refractivity contribution is 9.10. The smallest absolute Gasteiger partial charge is 0.266 e. The molecular weight excluding hydrogens is 692 g/mol. The Morgan fingerprint density at radius 1 is 1.09 bits per heavy atom. The third-order valence-corrected chi connectivity index (χ3v) is 9.78. The number of nitrogens with zero attached hydrogens (tertiary/aromatic N) is 4. The van der Waals surface area contributed by atoms with Crippen molar-refractivity contribution in [2.45, 2.75) is 43.5 Å². The molecule has 1 aliphatic rings. The summed E-state index contributed by atoms with van der Waals surface area (Å²) in [5, 5.41) is 3.62. The summed E-state index contributed by atoms with van der Waals surface area (Å²) >= 11 is 9.86. The summed E-state index contributed by atoms with van der Waals surface area (Å²) in [6.45, 7) is -0.957. The van der Waals surface area contributed by atoms with Gasteiger partial charge in [0.15, 0.2) is 5.82 Å². The number of hydrogen-bond acceptors (Lipinski definition) is 6. The molecule has 1 saturated carbocycles. The van der Waals surface area contributed by atoms with E-state index in [4.69, 9.17) is 17.3 Å². The highest BCUT2D eigenvalue weighted by Gasteiger charge is 2.37. The summed E-state index contributed by atoms with van der Waals surface area (Å²) in [6.07, 6.45) is -2.19. The van der Waals surface area contributed by atoms with Gasteiger partial charge in [0.05, 0.1) is 43.8 Å². The molecule has 5 aromatic rings. The summed E-state index contributed by atoms with van der Waals surface area (Å²) < 4.78 is 86.2. The van der Waals surface area contributed by atoms with Crippen LogP contribution in [0.15, 0.2) is 57.8 Å². The molecule has 2 heterocycles. The van der Waals surface area contributed by atoms with E-state index in [2.05, 4.69) is 30.7 Å². The van der Waals surface area contributed by atoms with E-state index in [9.17, 15) is 30.8 Å². The van der Waals surface area contributed by atoms with Crippen molar-refractivity contribution in [2.24, 2.45) is 5.73 Å². The third-order valence-electron chi connectivity index (χ3n) is 7.14. The summed E-state index contributed by atoms with van der Waals surface area (Å²) in [5.41, 5.74) is 6.27. The Morgan fingerprint density at radius 2 is 1.80 bits per heavy atom. The van der Waals surface area contributed by atoms with Crippen LogP contribution in [-0.4, -0.2) is 39.4 Å². The lowest BCUT2D eigenvalue weighted by atomic mass is 10.0. The Bertz CT molecular complexity index is 2100. The molecule has 0 spiro atoms. The maximum Gasteiger partial charge on any atom is 0.266 e. The van der Waals surface area contributed by atoms with E-state index in [1.54, 1.807) is 12.1 Å². The zero-order valence-corrected chi connectivity index (χ0v) is 25.6. The van der Waals surface area contributed by atoms with Gasteiger partial charge in [0.1, 0.15) is 24.0 Å². The molecule has 0 unspecified atom stereocenters. The number of nitrogens with one attached hydrogen (secondary N) is 1. The number of anilines is 1. The van der Waals surface area contributed by atoms with E-state index in [1.807, 2.05) is 0 Å². The van der Waals surface area contributed by atoms with Crippen LogP contribution in [0.3, 0.4) is 0 Å². The van der Waals surface area contributed by atoms with Crippen molar-refractivity contribution in [3.63, 3.8) is 0 Å². The Morgan fingerprint density at radius 3 is 2.45 bits per heavy atom. The molecule has 0 saturated heterocycles. The summed E-state index contributed by atoms with van der Waals surface area (Å²) in [5.74, 6) is -1.97. The average molecular weight is 714 g/mol. The second-order valence-corrected chi connectivity index (χ2v) is 13.7. The average Bonchev–Trinajstić information content (AvgIpc) is 3.73. The first-order chi connectivity index (χ1) is 20.8. The minimum atomic E-state index is -3.88. The number of sulfonamides is 1. The number of benzene rings is 3. The SMILES string of the molecule is N[C@@H](Cc1cc(F)cc(F)c1)c1nc2cc(Br)ccc2c(=O)n1-c1ccc(Cl)c2c(NS(=O)(=O)C3CC3)nn(CC(F)F)c12. The molecule has 3 aromatic carbocycles. The lowest BCUT2D eigenvalue weighted by molar-refractivity contribution is 0.123. The molecule has 2 aromatic heterocycles. The van der Waals surface area contributed by atoms with Gasteiger partial charge in [-0.3, -0.25) is 18.8 Å². The van der Waals surface area contributed by atoms with Crippen molar-refractivity contribution in [1.82, 2.24) is 19.3 Å². The fourth-order valence-electron chi connectivity index (χ4n) is 5.11. The quantitative estimate of drug-likeness (QED) is 0.185. The standard InChI is InChI=1S/C28H22BrClF4N6O3S/c29-14-1-4-18-21(10-14)36-27(20(35)9-13-7-15(31)11-16(32)8-13)40(28(18)41)22-6-5-19(30)24-25(22)39(12-23(33)34)37-26(24)38-44(42,43)17-2-3-17/h1,4-8,10-11,17,20,23H,2-3,9,12,35H2,(H,37,38)/t20-/m0/s1. The van der Waals surface area contributed by atoms with Gasteiger partial charge in [-0.15, -0.1) is 0 Å². The Kier molecular flexibility index (Phi) is 7.93. The lowest BCUT2D eigenvalue weighted by Gasteiger charge is -2.20. The van der Waals surface area contributed by atoms with Crippen LogP contribution < -0.4 is 16.0 Å². The van der Waals surface area contributed by atoms with Crippen LogP contribution in [0.1, 0.15) is 30.3 Å². The maximum atomic E-state index is 14.1. The molecule has 16 heteroatoms. The second-order valence-electron chi connectivity index (χ2n) is 10.4. The molecule has 0 amide bonds. The summed E-state index contributed by atoms with van der Waals surface area (Å²) in [7, 11) is -3.88. The van der Waals surface area contributed by atoms with Gasteiger partial charge in [-0.2, -0.15) is 5.10 Å². The molecule has 6 rings (SSSR count). The molecule has 0 aliphatic heterocycles. The second kappa shape index (κ2) is 11.4. The predicted molar refractivity (Wildman–Crippen MR) is 162 cm³/mol. The predicted octanol–water partition coefficient (Wildman–Crippen LogP) is 5.84. The molecule has 9 nitrogen and oxygen atoms in total. The molecule has 3 N–H and O–H groups in total. The number of alkyl halides is 2. The number of rotatable bonds is 9. The maximum absolute atomic E-state index is 14.1. The van der Waals surface area contributed by atoms with Gasteiger partial charge >= 0.3 is 0 Å². The molecule has 44 heavy (non-hydrogen) atoms. The number of halogens is 6. The van der Waals surface area contributed by atoms with Gasteiger partial charge in [-0.1, -0.05) is 27.5 Å². The topological polar surface area (TPSA) is 125 Å². The van der Waals surface area contributed by atoms with Gasteiger partial charge in [-0.05, 0) is 67.3 Å². The highest BCUT2D eigenvalue weighted by Crippen LogP contribution is 2.38. The zero-order valence-electron chi connectivity index (χ0n) is 22.4. The van der Waals surface area contributed by atoms with Crippen LogP contribution in [0.5, 0.6) is 0 Å². The van der Waals surface area contributed by atoms with Crippen LogP contribution in [0.4, 0.5) is 23.4 Å². The normalized spacial score (nSPS) is 14.5. The molecule has 1 fully saturated rings. The van der Waals surface area contributed by atoms with Gasteiger partial charge in [-0.25, -0.2) is 31.0 Å². The molecule has 230 valence electrons. The molecule has 1 aliphatic carbocycles. The fourth-order valence-corrected chi connectivity index (χ4v) is 7.03. The minimum absolute atomic E-state index is 0.00684. The number of hydrogen-bond donors (Lipinski definition) is 2. The minimum Gasteiger partial charge on any atom is -0.321 e. The van der Waals surface area contributed by atoms with Crippen molar-refractivity contribution >= 4 is 65.2 Å². The summed E-state index contributed by atoms with van der Waals surface area (Å²) in [6, 6.07) is 9.26. The van der Waals surface area contributed by atoms with E-state index in [1.165, 1.54) is 18.2 Å². The third kappa shape index (κ3) is 5.80. The lowest BCUT2D eigenvalue weighted by Crippen LogP contribution is -2.30. The fraction of sp³-hybridized carbons (Fsp3) is 0.250. The van der Waals surface area contributed by atoms with Crippen molar-refractivity contribution in [3.8, 4) is 5.69 Å². The van der Waals surface area contributed by atoms with Crippen LogP contribution in [0, 0.1) is 11.6 Å². The van der Waals surface area contributed by atoms with Crippen molar-refractivity contribution in [1.29, 1.82) is 0 Å². The number of aromatic nitrogens is 4. The first kappa shape index (κ1) is 30.5. The van der Waals surface area contributed by atoms with Crippen LogP contribution >= 0.6 is 27.5 Å². The zero-order chi connectivity index (χ0) is 31.5. The van der Waals surface area contributed by atoms with Gasteiger partial charge < -0.3 is 5.73 Å². The van der Waals surface area contributed by atoms with Crippen molar-refractivity contribution in [3.05, 3.63) is 91.4 Å². The highest BCUT2D eigenvalue weighted by atomic mass is 79.9. The van der Waals surface area contributed by atoms with Gasteiger partial charge in [0.2, 0.25) is 10.0 Å². The van der Waals surface area contributed by atoms with Crippen molar-refractivity contribution < 1.29 is 26.0 Å². The van der Waals surface area contributed by atoms with Crippen LogP contribution in [-0.2, 0) is 23.0 Å². The Hall–Kier alpha value is -3.53. The van der Waals surface area contributed by atoms with E-state index in [-0.39, 0.29) is 56.1 Å². The summed E-state index contributed by atoms with van der Waals surface area (Å²) in [4.78, 5) is 18.8. The number of nitrogens with two attached hydrogens (primary N) is 1. The Balaban J connectivity index is 1.63. The molecule has 1 atom stereocenters. The van der Waals surface area contributed by atoms with E-state index >= 15 is 0 Å². The molecule has 0 bridgehead atoms. The number of fused-ring (bicyclic) bond motifs is 2. The first-order valence-corrected chi connectivity index (χ1v) is 16.0. The molecule has 0 radical (unpaired) electrons. The van der Waals surface area contributed by atoms with Crippen molar-refractivity contribution in [2.75, 3.05) is 4.72 Å².